The topological polar surface area (TPSA) is 0 Å². The number of hydrogen-bond acceptors (Lipinski definition) is 0. The lowest BCUT2D eigenvalue weighted by Gasteiger charge is -2.07. The van der Waals surface area contributed by atoms with E-state index in [-0.39, 0.29) is 0 Å². The molecule has 0 aliphatic heterocycles. The van der Waals surface area contributed by atoms with Crippen molar-refractivity contribution >= 4 is 38.6 Å². The van der Waals surface area contributed by atoms with E-state index in [1.54, 1.807) is 6.07 Å². The van der Waals surface area contributed by atoms with Crippen LogP contribution in [0.1, 0.15) is 18.9 Å². The van der Waals surface area contributed by atoms with Gasteiger partial charge in [0.15, 0.2) is 0 Å². The van der Waals surface area contributed by atoms with Gasteiger partial charge in [-0.2, -0.15) is 0 Å². The highest BCUT2D eigenvalue weighted by Crippen LogP contribution is 2.24. The van der Waals surface area contributed by atoms with Gasteiger partial charge in [-0.05, 0) is 18.1 Å². The van der Waals surface area contributed by atoms with Crippen molar-refractivity contribution in [2.45, 2.75) is 19.8 Å². The molecule has 1 rings (SSSR count). The van der Waals surface area contributed by atoms with Gasteiger partial charge in [0.2, 0.25) is 0 Å². The van der Waals surface area contributed by atoms with Crippen LogP contribution in [-0.2, 0) is 6.42 Å². The van der Waals surface area contributed by atoms with Crippen LogP contribution in [-0.4, -0.2) is 10.2 Å². The molecule has 0 unspecified atom stereocenters. The third-order valence-corrected chi connectivity index (χ3v) is 3.01. The van der Waals surface area contributed by atoms with Gasteiger partial charge in [-0.3, -0.25) is 0 Å². The van der Waals surface area contributed by atoms with E-state index in [1.165, 1.54) is 0 Å². The largest absolute Gasteiger partial charge is 0.0827 e. The highest BCUT2D eigenvalue weighted by atomic mass is 35.5. The van der Waals surface area contributed by atoms with Crippen LogP contribution < -0.4 is 5.19 Å². The van der Waals surface area contributed by atoms with Gasteiger partial charge >= 0.3 is 0 Å². The summed E-state index contributed by atoms with van der Waals surface area (Å²) in [5, 5.41) is 2.33. The van der Waals surface area contributed by atoms with Gasteiger partial charge in [0.05, 0.1) is 20.3 Å². The molecule has 1 aromatic rings. The molecule has 0 aliphatic carbocycles. The number of rotatable bonds is 2. The van der Waals surface area contributed by atoms with Crippen molar-refractivity contribution in [3.05, 3.63) is 27.7 Å². The predicted molar refractivity (Wildman–Crippen MR) is 55.8 cm³/mol. The minimum absolute atomic E-state index is 0.627. The van der Waals surface area contributed by atoms with Crippen LogP contribution in [0.25, 0.3) is 0 Å². The maximum atomic E-state index is 6.01. The van der Waals surface area contributed by atoms with Crippen molar-refractivity contribution in [1.82, 2.24) is 0 Å². The lowest BCUT2D eigenvalue weighted by atomic mass is 10.1. The minimum atomic E-state index is 0.627. The summed E-state index contributed by atoms with van der Waals surface area (Å²) in [7, 11) is 3.49. The van der Waals surface area contributed by atoms with Crippen LogP contribution in [0.2, 0.25) is 10.0 Å². The van der Waals surface area contributed by atoms with Gasteiger partial charge in [-0.1, -0.05) is 47.8 Å². The Morgan fingerprint density at radius 3 is 2.58 bits per heavy atom. The molecule has 0 heterocycles. The first kappa shape index (κ1) is 10.1. The maximum Gasteiger partial charge on any atom is 0.0716 e. The zero-order valence-corrected chi connectivity index (χ0v) is 9.34. The average Bonchev–Trinajstić information content (AvgIpc) is 2.06. The van der Waals surface area contributed by atoms with E-state index in [0.29, 0.717) is 10.0 Å². The normalized spacial score (nSPS) is 10.3. The monoisotopic (exact) mass is 215 g/mol. The van der Waals surface area contributed by atoms with Crippen LogP contribution in [0.15, 0.2) is 12.1 Å². The fraction of sp³-hybridized carbons (Fsp3) is 0.333. The smallest absolute Gasteiger partial charge is 0.0716 e. The first-order valence-corrected chi connectivity index (χ1v) is 5.11. The Morgan fingerprint density at radius 2 is 2.00 bits per heavy atom. The summed E-state index contributed by atoms with van der Waals surface area (Å²) in [5.74, 6) is 0. The Balaban J connectivity index is 3.14. The third kappa shape index (κ3) is 2.03. The molecule has 0 saturated carbocycles. The van der Waals surface area contributed by atoms with Crippen molar-refractivity contribution in [1.29, 1.82) is 0 Å². The fourth-order valence-electron chi connectivity index (χ4n) is 1.09. The second-order valence-corrected chi connectivity index (χ2v) is 3.96. The average molecular weight is 216 g/mol. The van der Waals surface area contributed by atoms with Crippen molar-refractivity contribution in [3.8, 4) is 0 Å². The molecule has 1 aromatic carbocycles. The van der Waals surface area contributed by atoms with Crippen LogP contribution in [0, 0.1) is 0 Å². The molecule has 0 bridgehead atoms. The first-order valence-electron chi connectivity index (χ1n) is 3.85. The molecule has 0 aliphatic rings. The van der Waals surface area contributed by atoms with Crippen LogP contribution in [0.3, 0.4) is 0 Å². The highest BCUT2D eigenvalue weighted by molar-refractivity contribution is 6.44. The van der Waals surface area contributed by atoms with E-state index in [9.17, 15) is 0 Å². The van der Waals surface area contributed by atoms with Gasteiger partial charge < -0.3 is 0 Å². The molecule has 0 aromatic heterocycles. The van der Waals surface area contributed by atoms with Crippen molar-refractivity contribution in [3.63, 3.8) is 0 Å². The minimum Gasteiger partial charge on any atom is -0.0827 e. The van der Waals surface area contributed by atoms with E-state index in [0.717, 1.165) is 23.6 Å². The second-order valence-electron chi connectivity index (χ2n) is 2.64. The molecule has 0 atom stereocenters. The number of hydrogen-bond donors (Lipinski definition) is 0. The standard InChI is InChI=1S/C9H9Cl2Si/c1-2-3-6-8(12)5-4-7(10)9(6)11/h4-5H,2-3H2,1H3. The molecule has 0 nitrogen and oxygen atoms in total. The SMILES string of the molecule is CCCc1c([Si])ccc(Cl)c1Cl. The number of halogens is 2. The van der Waals surface area contributed by atoms with Gasteiger partial charge in [0.1, 0.15) is 0 Å². The zero-order chi connectivity index (χ0) is 9.14. The Morgan fingerprint density at radius 1 is 1.33 bits per heavy atom. The molecular formula is C9H9Cl2Si. The van der Waals surface area contributed by atoms with E-state index in [2.05, 4.69) is 17.2 Å². The molecule has 63 valence electrons. The molecule has 3 radical (unpaired) electrons. The third-order valence-electron chi connectivity index (χ3n) is 1.70. The molecule has 12 heavy (non-hydrogen) atoms. The molecule has 3 heteroatoms. The van der Waals surface area contributed by atoms with Crippen LogP contribution >= 0.6 is 23.2 Å². The molecular weight excluding hydrogens is 207 g/mol. The predicted octanol–water partition coefficient (Wildman–Crippen LogP) is 2.74. The summed E-state index contributed by atoms with van der Waals surface area (Å²) in [5.41, 5.74) is 1.10. The lowest BCUT2D eigenvalue weighted by Crippen LogP contribution is -2.10. The molecule has 0 saturated heterocycles. The fourth-order valence-corrected chi connectivity index (χ4v) is 1.94. The summed E-state index contributed by atoms with van der Waals surface area (Å²) in [6.45, 7) is 2.11. The summed E-state index contributed by atoms with van der Waals surface area (Å²) in [4.78, 5) is 0. The molecule has 0 N–H and O–H groups in total. The van der Waals surface area contributed by atoms with E-state index >= 15 is 0 Å². The quantitative estimate of drug-likeness (QED) is 0.667. The van der Waals surface area contributed by atoms with Gasteiger partial charge in [-0.25, -0.2) is 0 Å². The highest BCUT2D eigenvalue weighted by Gasteiger charge is 2.06. The second kappa shape index (κ2) is 4.31. The van der Waals surface area contributed by atoms with Crippen molar-refractivity contribution in [2.75, 3.05) is 0 Å². The molecule has 0 amide bonds. The van der Waals surface area contributed by atoms with E-state index in [1.807, 2.05) is 6.07 Å². The Kier molecular flexibility index (Phi) is 3.63. The van der Waals surface area contributed by atoms with Crippen LogP contribution in [0.5, 0.6) is 0 Å². The van der Waals surface area contributed by atoms with Gasteiger partial charge in [0.25, 0.3) is 0 Å². The Hall–Kier alpha value is 0.0169. The van der Waals surface area contributed by atoms with Gasteiger partial charge in [0, 0.05) is 0 Å². The summed E-state index contributed by atoms with van der Waals surface area (Å²) < 4.78 is 0. The lowest BCUT2D eigenvalue weighted by molar-refractivity contribution is 0.927. The van der Waals surface area contributed by atoms with Crippen molar-refractivity contribution in [2.24, 2.45) is 0 Å². The maximum absolute atomic E-state index is 6.01. The van der Waals surface area contributed by atoms with E-state index in [4.69, 9.17) is 23.2 Å². The van der Waals surface area contributed by atoms with E-state index < -0.39 is 0 Å². The van der Waals surface area contributed by atoms with Crippen LogP contribution in [0.4, 0.5) is 0 Å². The summed E-state index contributed by atoms with van der Waals surface area (Å²) in [6.07, 6.45) is 2.02. The number of benzene rings is 1. The summed E-state index contributed by atoms with van der Waals surface area (Å²) in [6, 6.07) is 3.72. The summed E-state index contributed by atoms with van der Waals surface area (Å²) >= 11 is 11.9. The molecule has 0 fully saturated rings. The Labute approximate surface area is 86.3 Å². The Bertz CT molecular complexity index is 284. The molecule has 0 spiro atoms. The first-order chi connectivity index (χ1) is 5.66. The zero-order valence-electron chi connectivity index (χ0n) is 6.82. The van der Waals surface area contributed by atoms with Crippen molar-refractivity contribution < 1.29 is 0 Å². The van der Waals surface area contributed by atoms with Gasteiger partial charge in [-0.15, -0.1) is 0 Å².